The van der Waals surface area contributed by atoms with Gasteiger partial charge in [0.2, 0.25) is 5.91 Å². The summed E-state index contributed by atoms with van der Waals surface area (Å²) in [5.41, 5.74) is 16.2. The molecule has 0 aromatic heterocycles. The van der Waals surface area contributed by atoms with Gasteiger partial charge in [-0.25, -0.2) is 21.7 Å². The van der Waals surface area contributed by atoms with Crippen LogP contribution >= 0.6 is 11.8 Å². The van der Waals surface area contributed by atoms with Gasteiger partial charge in [0.05, 0.1) is 60.2 Å². The second kappa shape index (κ2) is 19.0. The molecule has 0 bridgehead atoms. The lowest BCUT2D eigenvalue weighted by Gasteiger charge is -2.52. The van der Waals surface area contributed by atoms with E-state index < -0.39 is 0 Å². The minimum absolute atomic E-state index is 0.0238. The number of nitrogens with zero attached hydrogens (tertiary/aromatic N) is 5. The van der Waals surface area contributed by atoms with Gasteiger partial charge < -0.3 is 19.7 Å². The summed E-state index contributed by atoms with van der Waals surface area (Å²) >= 11 is 2.19. The van der Waals surface area contributed by atoms with E-state index in [4.69, 9.17) is 14.5 Å². The Morgan fingerprint density at radius 3 is 2.35 bits per heavy atom. The summed E-state index contributed by atoms with van der Waals surface area (Å²) in [6.07, 6.45) is 20.1. The van der Waals surface area contributed by atoms with Crippen LogP contribution in [-0.4, -0.2) is 131 Å². The van der Waals surface area contributed by atoms with Gasteiger partial charge in [0, 0.05) is 49.0 Å². The first-order chi connectivity index (χ1) is 29.1. The van der Waals surface area contributed by atoms with Crippen molar-refractivity contribution < 1.29 is 14.3 Å². The van der Waals surface area contributed by atoms with E-state index in [1.54, 1.807) is 12.8 Å². The zero-order chi connectivity index (χ0) is 41.5. The molecule has 0 aromatic carbocycles. The number of hydrogen-bond donors (Lipinski definition) is 5. The molecule has 0 aromatic rings. The highest BCUT2D eigenvalue weighted by Gasteiger charge is 2.53. The Kier molecular flexibility index (Phi) is 13.9. The maximum Gasteiger partial charge on any atom is 0.238 e. The van der Waals surface area contributed by atoms with Gasteiger partial charge in [-0.3, -0.25) is 19.6 Å². The van der Waals surface area contributed by atoms with Crippen LogP contribution in [0.3, 0.4) is 0 Å². The number of nitriles is 1. The quantitative estimate of drug-likeness (QED) is 0.222. The lowest BCUT2D eigenvalue weighted by Crippen LogP contribution is -2.64. The summed E-state index contributed by atoms with van der Waals surface area (Å²) in [5, 5.41) is 14.0. The number of hydrogen-bond acceptors (Lipinski definition) is 13. The van der Waals surface area contributed by atoms with Crippen molar-refractivity contribution in [3.8, 4) is 6.07 Å². The van der Waals surface area contributed by atoms with Crippen molar-refractivity contribution in [2.75, 3.05) is 33.3 Å². The SMILES string of the molecule is COC1CC(OC2CCC(NC(=O)C3CCC(N4CCCC5(CCN(C6CCC(C7=N[C@@H](C)C8NNC(C)N8C8SC(C)C(C)C78)CC6)CC5)C4)NN3)CC2)CCC1C#N. The second-order valence-electron chi connectivity index (χ2n) is 20.9. The largest absolute Gasteiger partial charge is 0.380 e. The fourth-order valence-corrected chi connectivity index (χ4v) is 15.3. The Bertz CT molecular complexity index is 1530. The highest BCUT2D eigenvalue weighted by molar-refractivity contribution is 8.00. The molecule has 60 heavy (non-hydrogen) atoms. The van der Waals surface area contributed by atoms with Crippen LogP contribution in [0.2, 0.25) is 0 Å². The fraction of sp³-hybridized carbons (Fsp3) is 0.935. The number of methoxy groups -OCH3 is 1. The number of rotatable bonds is 8. The Morgan fingerprint density at radius 2 is 1.63 bits per heavy atom. The van der Waals surface area contributed by atoms with E-state index in [1.165, 1.54) is 71.0 Å². The average molecular weight is 851 g/mol. The van der Waals surface area contributed by atoms with Crippen LogP contribution in [0.1, 0.15) is 137 Å². The number of fused-ring (bicyclic) bond motifs is 3. The van der Waals surface area contributed by atoms with Gasteiger partial charge in [0.25, 0.3) is 0 Å². The number of carbonyl (C=O) groups is 1. The number of thioether (sulfide) groups is 1. The maximum absolute atomic E-state index is 13.4. The van der Waals surface area contributed by atoms with Crippen LogP contribution in [0, 0.1) is 40.4 Å². The topological polar surface area (TPSA) is 142 Å². The number of piperidine rings is 2. The Balaban J connectivity index is 0.696. The standard InChI is InChI=1S/C46H78N10O3S/c1-28-30(3)60-45-41(28)42(48-29(2)43-53-50-31(4)56(43)45)32-7-12-35(13-8-32)54-23-20-46(21-24-54)19-6-22-55(27-46)40-18-17-38(51-52-40)44(57)49-34-10-15-36(16-11-34)59-37-14-9-33(26-47)39(25-37)58-5/h28-41,43,45,50-53H,6-25,27H2,1-5H3,(H,49,57)/t28?,29-,30?,31?,32?,33?,34?,35?,36?,37?,38?,39?,40?,41?,43?,45?/m0/s1. The first kappa shape index (κ1) is 43.9. The highest BCUT2D eigenvalue weighted by Crippen LogP contribution is 2.51. The van der Waals surface area contributed by atoms with Crippen LogP contribution in [0.4, 0.5) is 0 Å². The lowest BCUT2D eigenvalue weighted by molar-refractivity contribution is -0.126. The first-order valence-corrected chi connectivity index (χ1v) is 25.4. The lowest BCUT2D eigenvalue weighted by atomic mass is 9.71. The average Bonchev–Trinajstić information content (AvgIpc) is 3.76. The molecule has 6 heterocycles. The van der Waals surface area contributed by atoms with Gasteiger partial charge in [0.15, 0.2) is 0 Å². The van der Waals surface area contributed by atoms with Crippen LogP contribution in [-0.2, 0) is 14.3 Å². The molecule has 5 N–H and O–H groups in total. The molecule has 5 saturated heterocycles. The Labute approximate surface area is 365 Å². The van der Waals surface area contributed by atoms with E-state index in [1.807, 2.05) is 0 Å². The third-order valence-corrected chi connectivity index (χ3v) is 19.0. The van der Waals surface area contributed by atoms with Crippen LogP contribution < -0.4 is 27.0 Å². The van der Waals surface area contributed by atoms with Crippen LogP contribution in [0.15, 0.2) is 4.99 Å². The molecule has 11 unspecified atom stereocenters. The maximum atomic E-state index is 13.4. The molecule has 3 saturated carbocycles. The van der Waals surface area contributed by atoms with E-state index in [9.17, 15) is 10.1 Å². The van der Waals surface area contributed by atoms with E-state index in [0.717, 1.165) is 70.4 Å². The van der Waals surface area contributed by atoms with Gasteiger partial charge in [-0.05, 0) is 153 Å². The molecular weight excluding hydrogens is 773 g/mol. The Morgan fingerprint density at radius 1 is 0.867 bits per heavy atom. The Hall–Kier alpha value is -1.38. The zero-order valence-electron chi connectivity index (χ0n) is 37.5. The summed E-state index contributed by atoms with van der Waals surface area (Å²) < 4.78 is 12.1. The van der Waals surface area contributed by atoms with Crippen LogP contribution in [0.5, 0.6) is 0 Å². The van der Waals surface area contributed by atoms with Crippen molar-refractivity contribution in [1.29, 1.82) is 5.26 Å². The van der Waals surface area contributed by atoms with Gasteiger partial charge in [0.1, 0.15) is 6.04 Å². The van der Waals surface area contributed by atoms with Crippen molar-refractivity contribution in [3.05, 3.63) is 0 Å². The number of aliphatic imine (C=N–C) groups is 1. The van der Waals surface area contributed by atoms with Crippen molar-refractivity contribution in [2.45, 2.75) is 208 Å². The zero-order valence-corrected chi connectivity index (χ0v) is 38.3. The first-order valence-electron chi connectivity index (χ1n) is 24.5. The molecule has 0 radical (unpaired) electrons. The van der Waals surface area contributed by atoms with E-state index in [0.29, 0.717) is 40.0 Å². The molecule has 8 fully saturated rings. The summed E-state index contributed by atoms with van der Waals surface area (Å²) in [4.78, 5) is 27.3. The van der Waals surface area contributed by atoms with Gasteiger partial charge in [-0.1, -0.05) is 13.8 Å². The van der Waals surface area contributed by atoms with E-state index in [-0.39, 0.29) is 60.6 Å². The monoisotopic (exact) mass is 851 g/mol. The summed E-state index contributed by atoms with van der Waals surface area (Å²) in [6.45, 7) is 14.4. The van der Waals surface area contributed by atoms with Crippen LogP contribution in [0.25, 0.3) is 0 Å². The predicted molar refractivity (Wildman–Crippen MR) is 237 cm³/mol. The third-order valence-electron chi connectivity index (χ3n) is 17.3. The van der Waals surface area contributed by atoms with Gasteiger partial charge >= 0.3 is 0 Å². The van der Waals surface area contributed by atoms with Crippen molar-refractivity contribution >= 4 is 23.4 Å². The molecule has 336 valence electrons. The molecule has 9 rings (SSSR count). The number of nitrogens with one attached hydrogen (secondary N) is 5. The molecule has 1 spiro atoms. The fourth-order valence-electron chi connectivity index (χ4n) is 13.5. The van der Waals surface area contributed by atoms with E-state index in [2.05, 4.69) is 87.2 Å². The highest BCUT2D eigenvalue weighted by atomic mass is 32.2. The summed E-state index contributed by atoms with van der Waals surface area (Å²) in [5.74, 6) is 1.95. The smallest absolute Gasteiger partial charge is 0.238 e. The van der Waals surface area contributed by atoms with Gasteiger partial charge in [-0.15, -0.1) is 11.8 Å². The second-order valence-corrected chi connectivity index (χ2v) is 22.4. The molecule has 3 aliphatic carbocycles. The number of likely N-dealkylation sites (tertiary alicyclic amines) is 2. The number of amides is 1. The molecule has 13 nitrogen and oxygen atoms in total. The summed E-state index contributed by atoms with van der Waals surface area (Å²) in [7, 11) is 1.71. The summed E-state index contributed by atoms with van der Waals surface area (Å²) in [6, 6.07) is 3.41. The normalized spacial score (nSPS) is 45.6. The number of ether oxygens (including phenoxy) is 2. The van der Waals surface area contributed by atoms with E-state index >= 15 is 0 Å². The molecular formula is C46H78N10O3S. The minimum Gasteiger partial charge on any atom is -0.380 e. The molecule has 12 atom stereocenters. The predicted octanol–water partition coefficient (Wildman–Crippen LogP) is 5.10. The third kappa shape index (κ3) is 9.12. The van der Waals surface area contributed by atoms with Gasteiger partial charge in [-0.2, -0.15) is 5.26 Å². The van der Waals surface area contributed by atoms with Crippen molar-refractivity contribution in [3.63, 3.8) is 0 Å². The number of carbonyl (C=O) groups excluding carboxylic acids is 1. The molecule has 6 aliphatic heterocycles. The minimum atomic E-state index is -0.187. The molecule has 1 amide bonds. The molecule has 14 heteroatoms. The van der Waals surface area contributed by atoms with Crippen molar-refractivity contribution in [1.82, 2.24) is 41.7 Å². The van der Waals surface area contributed by atoms with Crippen molar-refractivity contribution in [2.24, 2.45) is 34.1 Å². The molecule has 9 aliphatic rings. The number of hydrazine groups is 2.